The second-order valence-corrected chi connectivity index (χ2v) is 2.84. The molecule has 0 unspecified atom stereocenters. The second-order valence-electron chi connectivity index (χ2n) is 2.84. The zero-order chi connectivity index (χ0) is 7.78. The average molecular weight is 140 g/mol. The summed E-state index contributed by atoms with van der Waals surface area (Å²) >= 11 is 0. The van der Waals surface area contributed by atoms with E-state index >= 15 is 0 Å². The van der Waals surface area contributed by atoms with Crippen molar-refractivity contribution in [1.82, 2.24) is 9.55 Å². The van der Waals surface area contributed by atoms with Crippen molar-refractivity contribution in [3.05, 3.63) is 18.2 Å². The van der Waals surface area contributed by atoms with E-state index in [-0.39, 0.29) is 0 Å². The van der Waals surface area contributed by atoms with E-state index in [0.717, 1.165) is 5.82 Å². The van der Waals surface area contributed by atoms with E-state index in [1.54, 1.807) is 30.8 Å². The molecule has 1 rings (SSSR count). The van der Waals surface area contributed by atoms with Crippen molar-refractivity contribution in [2.75, 3.05) is 0 Å². The molecule has 1 N–H and O–H groups in total. The molecule has 0 fully saturated rings. The average Bonchev–Trinajstić information content (AvgIpc) is 2.11. The van der Waals surface area contributed by atoms with E-state index in [1.807, 2.05) is 6.92 Å². The summed E-state index contributed by atoms with van der Waals surface area (Å²) in [5, 5.41) is 9.48. The topological polar surface area (TPSA) is 38.0 Å². The Morgan fingerprint density at radius 2 is 2.20 bits per heavy atom. The van der Waals surface area contributed by atoms with Gasteiger partial charge in [-0.05, 0) is 20.8 Å². The van der Waals surface area contributed by atoms with Gasteiger partial charge in [0.1, 0.15) is 11.5 Å². The summed E-state index contributed by atoms with van der Waals surface area (Å²) in [6, 6.07) is 0. The molecular weight excluding hydrogens is 128 g/mol. The van der Waals surface area contributed by atoms with E-state index in [4.69, 9.17) is 0 Å². The van der Waals surface area contributed by atoms with Crippen molar-refractivity contribution in [2.24, 2.45) is 0 Å². The van der Waals surface area contributed by atoms with Crippen molar-refractivity contribution in [1.29, 1.82) is 0 Å². The molecule has 0 saturated heterocycles. The zero-order valence-electron chi connectivity index (χ0n) is 6.50. The number of nitrogens with zero attached hydrogens (tertiary/aromatic N) is 2. The van der Waals surface area contributed by atoms with Crippen LogP contribution < -0.4 is 0 Å². The lowest BCUT2D eigenvalue weighted by atomic mass is 10.3. The van der Waals surface area contributed by atoms with Gasteiger partial charge in [-0.15, -0.1) is 0 Å². The Kier molecular flexibility index (Phi) is 1.52. The largest absolute Gasteiger partial charge is 0.371 e. The van der Waals surface area contributed by atoms with Gasteiger partial charge in [0.25, 0.3) is 0 Å². The number of imidazole rings is 1. The Morgan fingerprint density at radius 1 is 1.60 bits per heavy atom. The highest BCUT2D eigenvalue weighted by atomic mass is 16.3. The summed E-state index contributed by atoms with van der Waals surface area (Å²) in [4.78, 5) is 3.99. The van der Waals surface area contributed by atoms with E-state index in [9.17, 15) is 5.11 Å². The van der Waals surface area contributed by atoms with Crippen LogP contribution >= 0.6 is 0 Å². The first-order valence-electron chi connectivity index (χ1n) is 3.24. The minimum absolute atomic E-state index is 0.826. The Hall–Kier alpha value is -0.830. The fraction of sp³-hybridized carbons (Fsp3) is 0.571. The second kappa shape index (κ2) is 2.09. The van der Waals surface area contributed by atoms with Gasteiger partial charge in [0.05, 0.1) is 0 Å². The highest BCUT2D eigenvalue weighted by Gasteiger charge is 2.15. The first-order chi connectivity index (χ1) is 4.52. The van der Waals surface area contributed by atoms with Crippen LogP contribution in [0, 0.1) is 6.92 Å². The molecule has 0 aromatic carbocycles. The van der Waals surface area contributed by atoms with Gasteiger partial charge in [0.2, 0.25) is 0 Å². The summed E-state index contributed by atoms with van der Waals surface area (Å²) < 4.78 is 1.72. The molecule has 0 aliphatic carbocycles. The maximum absolute atomic E-state index is 9.48. The van der Waals surface area contributed by atoms with E-state index in [0.29, 0.717) is 0 Å². The maximum Gasteiger partial charge on any atom is 0.137 e. The predicted octanol–water partition coefficient (Wildman–Crippen LogP) is 0.876. The van der Waals surface area contributed by atoms with Crippen LogP contribution in [0.1, 0.15) is 19.7 Å². The van der Waals surface area contributed by atoms with E-state index < -0.39 is 5.72 Å². The number of rotatable bonds is 1. The standard InChI is InChI=1S/C7H12N2O/c1-6-8-4-5-9(6)7(2,3)10/h4-5,10H,1-3H3. The molecule has 0 atom stereocenters. The summed E-state index contributed by atoms with van der Waals surface area (Å²) in [7, 11) is 0. The molecule has 0 radical (unpaired) electrons. The van der Waals surface area contributed by atoms with Gasteiger partial charge in [-0.3, -0.25) is 0 Å². The van der Waals surface area contributed by atoms with Gasteiger partial charge >= 0.3 is 0 Å². The zero-order valence-corrected chi connectivity index (χ0v) is 6.50. The number of aliphatic hydroxyl groups is 1. The van der Waals surface area contributed by atoms with Gasteiger partial charge in [-0.2, -0.15) is 0 Å². The van der Waals surface area contributed by atoms with Crippen LogP contribution in [0.4, 0.5) is 0 Å². The van der Waals surface area contributed by atoms with Crippen molar-refractivity contribution >= 4 is 0 Å². The summed E-state index contributed by atoms with van der Waals surface area (Å²) in [6.45, 7) is 5.31. The van der Waals surface area contributed by atoms with Gasteiger partial charge < -0.3 is 9.67 Å². The van der Waals surface area contributed by atoms with Crippen LogP contribution in [0.15, 0.2) is 12.4 Å². The molecule has 1 aromatic rings. The van der Waals surface area contributed by atoms with Crippen molar-refractivity contribution < 1.29 is 5.11 Å². The fourth-order valence-corrected chi connectivity index (χ4v) is 0.956. The molecule has 1 aromatic heterocycles. The molecule has 0 aliphatic heterocycles. The summed E-state index contributed by atoms with van der Waals surface area (Å²) in [5.41, 5.74) is -0.833. The Labute approximate surface area is 60.3 Å². The molecule has 3 heteroatoms. The highest BCUT2D eigenvalue weighted by molar-refractivity contribution is 4.92. The van der Waals surface area contributed by atoms with Crippen LogP contribution in [0.2, 0.25) is 0 Å². The number of aromatic nitrogens is 2. The first-order valence-corrected chi connectivity index (χ1v) is 3.24. The Morgan fingerprint density at radius 3 is 2.40 bits per heavy atom. The van der Waals surface area contributed by atoms with Crippen LogP contribution in [-0.2, 0) is 5.72 Å². The maximum atomic E-state index is 9.48. The first kappa shape index (κ1) is 7.28. The monoisotopic (exact) mass is 140 g/mol. The third-order valence-electron chi connectivity index (χ3n) is 1.42. The molecule has 1 heterocycles. The lowest BCUT2D eigenvalue weighted by Crippen LogP contribution is -2.25. The highest BCUT2D eigenvalue weighted by Crippen LogP contribution is 2.11. The molecule has 0 saturated carbocycles. The van der Waals surface area contributed by atoms with Crippen LogP contribution in [0.5, 0.6) is 0 Å². The van der Waals surface area contributed by atoms with E-state index in [1.165, 1.54) is 0 Å². The van der Waals surface area contributed by atoms with Gasteiger partial charge in [0, 0.05) is 12.4 Å². The van der Waals surface area contributed by atoms with Crippen LogP contribution in [-0.4, -0.2) is 14.7 Å². The Balaban J connectivity index is 3.05. The molecular formula is C7H12N2O. The molecule has 0 bridgehead atoms. The molecule has 0 spiro atoms. The van der Waals surface area contributed by atoms with Crippen molar-refractivity contribution in [3.8, 4) is 0 Å². The summed E-state index contributed by atoms with van der Waals surface area (Å²) in [6.07, 6.45) is 3.43. The predicted molar refractivity (Wildman–Crippen MR) is 38.5 cm³/mol. The number of hydrogen-bond acceptors (Lipinski definition) is 2. The van der Waals surface area contributed by atoms with Crippen molar-refractivity contribution in [2.45, 2.75) is 26.5 Å². The molecule has 0 aliphatic rings. The van der Waals surface area contributed by atoms with Gasteiger partial charge in [-0.1, -0.05) is 0 Å². The lowest BCUT2D eigenvalue weighted by molar-refractivity contribution is -0.000173. The minimum Gasteiger partial charge on any atom is -0.371 e. The minimum atomic E-state index is -0.833. The fourth-order valence-electron chi connectivity index (χ4n) is 0.956. The molecule has 0 amide bonds. The van der Waals surface area contributed by atoms with Crippen LogP contribution in [0.3, 0.4) is 0 Å². The number of aryl methyl sites for hydroxylation is 1. The third kappa shape index (κ3) is 1.19. The molecule has 10 heavy (non-hydrogen) atoms. The molecule has 3 nitrogen and oxygen atoms in total. The normalized spacial score (nSPS) is 12.0. The smallest absolute Gasteiger partial charge is 0.137 e. The van der Waals surface area contributed by atoms with Gasteiger partial charge in [0.15, 0.2) is 0 Å². The number of hydrogen-bond donors (Lipinski definition) is 1. The quantitative estimate of drug-likeness (QED) is 0.628. The van der Waals surface area contributed by atoms with Crippen molar-refractivity contribution in [3.63, 3.8) is 0 Å². The van der Waals surface area contributed by atoms with Crippen LogP contribution in [0.25, 0.3) is 0 Å². The van der Waals surface area contributed by atoms with E-state index in [2.05, 4.69) is 4.98 Å². The Bertz CT molecular complexity index is 222. The lowest BCUT2D eigenvalue weighted by Gasteiger charge is -2.20. The summed E-state index contributed by atoms with van der Waals surface area (Å²) in [5.74, 6) is 0.826. The molecule has 56 valence electrons. The third-order valence-corrected chi connectivity index (χ3v) is 1.42. The van der Waals surface area contributed by atoms with Gasteiger partial charge in [-0.25, -0.2) is 4.98 Å². The SMILES string of the molecule is Cc1nccn1C(C)(C)O.